The molecule has 0 spiro atoms. The van der Waals surface area contributed by atoms with Gasteiger partial charge in [-0.2, -0.15) is 0 Å². The second kappa shape index (κ2) is 9.66. The van der Waals surface area contributed by atoms with Crippen LogP contribution < -0.4 is 0 Å². The maximum atomic E-state index is 9.56. The van der Waals surface area contributed by atoms with Crippen LogP contribution in [-0.4, -0.2) is 0 Å². The first-order valence-corrected chi connectivity index (χ1v) is 11.9. The highest BCUT2D eigenvalue weighted by Crippen LogP contribution is 2.45. The van der Waals surface area contributed by atoms with Crippen LogP contribution in [0.3, 0.4) is 0 Å². The number of benzene rings is 7. The molecule has 192 valence electrons. The van der Waals surface area contributed by atoms with E-state index < -0.39 is 234 Å². The fraction of sp³-hybridized carbons (Fsp3) is 0. The van der Waals surface area contributed by atoms with E-state index in [1.54, 1.807) is 0 Å². The molecule has 1 aromatic heterocycles. The normalized spacial score (nSPS) is 20.3. The Hall–Kier alpha value is -5.40. The van der Waals surface area contributed by atoms with Gasteiger partial charge in [-0.1, -0.05) is 151 Å². The van der Waals surface area contributed by atoms with Gasteiger partial charge in [0.25, 0.3) is 0 Å². The van der Waals surface area contributed by atoms with Crippen LogP contribution in [0.25, 0.3) is 77.2 Å². The van der Waals surface area contributed by atoms with Crippen molar-refractivity contribution in [1.82, 2.24) is 0 Å². The van der Waals surface area contributed by atoms with E-state index in [0.29, 0.717) is 0 Å². The Balaban J connectivity index is 1.67. The number of hydrogen-bond acceptors (Lipinski definition) is 1. The Morgan fingerprint density at radius 1 is 0.317 bits per heavy atom. The van der Waals surface area contributed by atoms with Crippen LogP contribution in [0.1, 0.15) is 35.6 Å². The molecule has 0 aliphatic heterocycles. The summed E-state index contributed by atoms with van der Waals surface area (Å²) in [6.45, 7) is 0. The summed E-state index contributed by atoms with van der Waals surface area (Å²) in [5.74, 6) is -0.783. The highest BCUT2D eigenvalue weighted by atomic mass is 16.3. The van der Waals surface area contributed by atoms with Gasteiger partial charge < -0.3 is 4.42 Å². The largest absolute Gasteiger partial charge is 0.455 e. The second-order valence-corrected chi connectivity index (χ2v) is 8.51. The Labute approximate surface area is 275 Å². The van der Waals surface area contributed by atoms with E-state index in [2.05, 4.69) is 0 Å². The van der Waals surface area contributed by atoms with Gasteiger partial charge in [0.1, 0.15) is 11.3 Å². The average molecular weight is 549 g/mol. The van der Waals surface area contributed by atoms with Crippen LogP contribution in [0.2, 0.25) is 0 Å². The Bertz CT molecular complexity index is 3480. The highest BCUT2D eigenvalue weighted by molar-refractivity contribution is 6.21. The molecule has 0 radical (unpaired) electrons. The van der Waals surface area contributed by atoms with E-state index in [4.69, 9.17) is 31.8 Å². The van der Waals surface area contributed by atoms with E-state index >= 15 is 0 Å². The molecule has 0 N–H and O–H groups in total. The molecular formula is C40H26O. The summed E-state index contributed by atoms with van der Waals surface area (Å²) in [5, 5.41) is -3.43. The van der Waals surface area contributed by atoms with Crippen LogP contribution in [0.15, 0.2) is 162 Å². The number of fused-ring (bicyclic) bond motifs is 3. The first-order valence-electron chi connectivity index (χ1n) is 24.9. The molecule has 0 atom stereocenters. The van der Waals surface area contributed by atoms with Crippen molar-refractivity contribution < 1.29 is 40.1 Å². The molecule has 0 fully saturated rings. The monoisotopic (exact) mass is 548 g/mol. The summed E-state index contributed by atoms with van der Waals surface area (Å²) in [7, 11) is 0. The molecule has 1 nitrogen and oxygen atoms in total. The summed E-state index contributed by atoms with van der Waals surface area (Å²) >= 11 is 0. The van der Waals surface area contributed by atoms with Gasteiger partial charge in [-0.25, -0.2) is 0 Å². The standard InChI is InChI=1S/C40H26O/c1-3-13-27(14-4-1)37-31-17-7-9-19-33(31)38(34-20-10-8-18-32(34)37)28-23-25-29(26-24-28)39-35-21-11-12-22-36(35)41-40(39)30-15-5-2-6-16-30/h1-26H/i1D,2D,3D,4D,5D,6D,7D,8D,9D,10D,11D,12D,13D,14D,15D,16D,17D,18D,19D,20D,21D,22D,23D,24D,25D,26D. The molecule has 1 heterocycles. The van der Waals surface area contributed by atoms with E-state index in [9.17, 15) is 8.22 Å². The molecule has 0 bridgehead atoms. The van der Waals surface area contributed by atoms with Crippen molar-refractivity contribution in [1.29, 1.82) is 0 Å². The van der Waals surface area contributed by atoms with Crippen molar-refractivity contribution in [2.45, 2.75) is 0 Å². The number of rotatable bonds is 4. The molecule has 41 heavy (non-hydrogen) atoms. The third kappa shape index (κ3) is 3.86. The van der Waals surface area contributed by atoms with Gasteiger partial charge in [0.15, 0.2) is 0 Å². The van der Waals surface area contributed by atoms with E-state index in [1.165, 1.54) is 0 Å². The fourth-order valence-corrected chi connectivity index (χ4v) is 4.66. The number of hydrogen-bond donors (Lipinski definition) is 0. The topological polar surface area (TPSA) is 13.1 Å². The smallest absolute Gasteiger partial charge is 0.143 e. The van der Waals surface area contributed by atoms with Crippen molar-refractivity contribution in [2.75, 3.05) is 0 Å². The summed E-state index contributed by atoms with van der Waals surface area (Å²) in [5.41, 5.74) is -5.92. The summed E-state index contributed by atoms with van der Waals surface area (Å²) < 4.78 is 235. The summed E-state index contributed by atoms with van der Waals surface area (Å²) in [6.07, 6.45) is 0. The number of furan rings is 1. The molecule has 8 rings (SSSR count). The lowest BCUT2D eigenvalue weighted by atomic mass is 9.85. The molecule has 8 aromatic rings. The van der Waals surface area contributed by atoms with Crippen molar-refractivity contribution in [3.05, 3.63) is 157 Å². The highest BCUT2D eigenvalue weighted by Gasteiger charge is 2.19. The minimum atomic E-state index is -1.10. The third-order valence-electron chi connectivity index (χ3n) is 6.31. The lowest BCUT2D eigenvalue weighted by molar-refractivity contribution is 0.632. The van der Waals surface area contributed by atoms with Gasteiger partial charge in [0.05, 0.1) is 35.6 Å². The zero-order chi connectivity index (χ0) is 49.8. The van der Waals surface area contributed by atoms with Crippen molar-refractivity contribution in [3.8, 4) is 44.7 Å². The SMILES string of the molecule is [2H]c1c([2H])c([2H])c(-c2oc3c([2H])c([2H])c([2H])c([2H])c3c2-c2c([2H])c([2H])c(-c3c4c([2H])c([2H])c([2H])c([2H])c4c(-c4c([2H])c([2H])c([2H])c([2H])c4[2H])c4c([2H])c([2H])c([2H])c([2H])c34)c([2H])c2[2H])c([2H])c1[2H]. The summed E-state index contributed by atoms with van der Waals surface area (Å²) in [4.78, 5) is 0. The second-order valence-electron chi connectivity index (χ2n) is 8.51. The van der Waals surface area contributed by atoms with Crippen LogP contribution in [-0.2, 0) is 0 Å². The Morgan fingerprint density at radius 3 is 1.20 bits per heavy atom. The molecule has 0 unspecified atom stereocenters. The van der Waals surface area contributed by atoms with E-state index in [1.807, 2.05) is 0 Å². The molecule has 7 aromatic carbocycles. The van der Waals surface area contributed by atoms with Gasteiger partial charge in [0.2, 0.25) is 0 Å². The molecule has 0 amide bonds. The van der Waals surface area contributed by atoms with E-state index in [0.717, 1.165) is 0 Å². The van der Waals surface area contributed by atoms with Gasteiger partial charge in [-0.05, 0) is 55.4 Å². The minimum absolute atomic E-state index is 0.594. The van der Waals surface area contributed by atoms with Crippen LogP contribution in [0.5, 0.6) is 0 Å². The van der Waals surface area contributed by atoms with E-state index in [-0.39, 0.29) is 0 Å². The zero-order valence-corrected chi connectivity index (χ0v) is 20.4. The molecule has 0 saturated carbocycles. The van der Waals surface area contributed by atoms with Crippen molar-refractivity contribution >= 4 is 32.5 Å². The average Bonchev–Trinajstić information content (AvgIpc) is 3.68. The van der Waals surface area contributed by atoms with Gasteiger partial charge in [-0.15, -0.1) is 0 Å². The Morgan fingerprint density at radius 2 is 0.683 bits per heavy atom. The lowest BCUT2D eigenvalue weighted by Gasteiger charge is -2.18. The lowest BCUT2D eigenvalue weighted by Crippen LogP contribution is -1.90. The zero-order valence-electron chi connectivity index (χ0n) is 46.4. The molecular weight excluding hydrogens is 496 g/mol. The molecule has 1 heteroatoms. The predicted octanol–water partition coefficient (Wildman–Crippen LogP) is 11.4. The van der Waals surface area contributed by atoms with Gasteiger partial charge in [0, 0.05) is 16.5 Å². The molecule has 0 saturated heterocycles. The summed E-state index contributed by atoms with van der Waals surface area (Å²) in [6, 6.07) is -24.5. The van der Waals surface area contributed by atoms with Crippen LogP contribution in [0.4, 0.5) is 0 Å². The molecule has 0 aliphatic rings. The van der Waals surface area contributed by atoms with Crippen LogP contribution >= 0.6 is 0 Å². The predicted molar refractivity (Wildman–Crippen MR) is 173 cm³/mol. The first kappa shape index (κ1) is 9.06. The third-order valence-corrected chi connectivity index (χ3v) is 6.31. The van der Waals surface area contributed by atoms with Crippen molar-refractivity contribution in [2.24, 2.45) is 0 Å². The number of para-hydroxylation sites is 1. The molecule has 0 aliphatic carbocycles. The quantitative estimate of drug-likeness (QED) is 0.199. The maximum Gasteiger partial charge on any atom is 0.143 e. The Kier molecular flexibility index (Phi) is 2.13. The first-order chi connectivity index (χ1) is 31.2. The van der Waals surface area contributed by atoms with Crippen LogP contribution in [0, 0.1) is 0 Å². The van der Waals surface area contributed by atoms with Crippen molar-refractivity contribution in [3.63, 3.8) is 0 Å². The van der Waals surface area contributed by atoms with Gasteiger partial charge in [-0.3, -0.25) is 0 Å². The fourth-order valence-electron chi connectivity index (χ4n) is 4.66. The minimum Gasteiger partial charge on any atom is -0.455 e. The van der Waals surface area contributed by atoms with Gasteiger partial charge >= 0.3 is 0 Å². The maximum absolute atomic E-state index is 9.56.